The van der Waals surface area contributed by atoms with E-state index in [2.05, 4.69) is 60.4 Å². The summed E-state index contributed by atoms with van der Waals surface area (Å²) in [6, 6.07) is 3.56. The van der Waals surface area contributed by atoms with Gasteiger partial charge in [-0.25, -0.2) is 4.79 Å². The summed E-state index contributed by atoms with van der Waals surface area (Å²) in [6.07, 6.45) is 12.5. The highest BCUT2D eigenvalue weighted by atomic mass is 16.5. The predicted molar refractivity (Wildman–Crippen MR) is 175 cm³/mol. The molecule has 5 saturated carbocycles. The van der Waals surface area contributed by atoms with Crippen molar-refractivity contribution < 1.29 is 24.2 Å². The predicted octanol–water partition coefficient (Wildman–Crippen LogP) is 7.35. The third kappa shape index (κ3) is 4.18. The Hall–Kier alpha value is -1.99. The fourth-order valence-corrected chi connectivity index (χ4v) is 12.5. The highest BCUT2D eigenvalue weighted by Gasteiger charge is 2.85. The molecule has 1 aliphatic heterocycles. The molecule has 46 heavy (non-hydrogen) atoms. The number of aliphatic hydroxyl groups is 1. The van der Waals surface area contributed by atoms with Crippen molar-refractivity contribution in [2.75, 3.05) is 6.54 Å². The van der Waals surface area contributed by atoms with E-state index < -0.39 is 6.10 Å². The van der Waals surface area contributed by atoms with Gasteiger partial charge in [0.1, 0.15) is 18.3 Å². The number of hydrogen-bond donors (Lipinski definition) is 1. The lowest BCUT2D eigenvalue weighted by Gasteiger charge is -2.63. The van der Waals surface area contributed by atoms with Crippen molar-refractivity contribution in [3.8, 4) is 0 Å². The second kappa shape index (κ2) is 10.3. The molecule has 0 aromatic carbocycles. The number of esters is 1. The van der Waals surface area contributed by atoms with Crippen LogP contribution in [0.1, 0.15) is 124 Å². The third-order valence-corrected chi connectivity index (χ3v) is 14.7. The van der Waals surface area contributed by atoms with Gasteiger partial charge in [-0.05, 0) is 118 Å². The molecule has 7 nitrogen and oxygen atoms in total. The molecule has 9 atom stereocenters. The molecule has 1 N–H and O–H groups in total. The molecule has 7 rings (SSSR count). The van der Waals surface area contributed by atoms with Gasteiger partial charge in [0, 0.05) is 41.6 Å². The van der Waals surface area contributed by atoms with Crippen LogP contribution >= 0.6 is 0 Å². The molecule has 6 aliphatic rings. The molecular formula is C39H55N2O5. The maximum atomic E-state index is 13.1. The normalized spacial score (nSPS) is 43.4. The number of ether oxygens (including phenoxy) is 2. The van der Waals surface area contributed by atoms with Crippen LogP contribution in [0.2, 0.25) is 0 Å². The highest BCUT2D eigenvalue weighted by Crippen LogP contribution is 2.90. The zero-order valence-corrected chi connectivity index (χ0v) is 29.5. The molecule has 0 bridgehead atoms. The van der Waals surface area contributed by atoms with E-state index in [0.29, 0.717) is 23.9 Å². The zero-order valence-electron chi connectivity index (χ0n) is 29.5. The number of carbonyl (C=O) groups is 2. The Morgan fingerprint density at radius 2 is 1.87 bits per heavy atom. The van der Waals surface area contributed by atoms with Gasteiger partial charge in [-0.3, -0.25) is 9.78 Å². The summed E-state index contributed by atoms with van der Waals surface area (Å²) in [5.41, 5.74) is -0.0237. The minimum absolute atomic E-state index is 0.0423. The second-order valence-corrected chi connectivity index (χ2v) is 18.0. The Balaban J connectivity index is 1.14. The average molecular weight is 632 g/mol. The maximum absolute atomic E-state index is 13.1. The van der Waals surface area contributed by atoms with Crippen molar-refractivity contribution >= 4 is 11.9 Å². The Bertz CT molecular complexity index is 1390. The third-order valence-electron chi connectivity index (χ3n) is 14.7. The minimum atomic E-state index is -0.660. The van der Waals surface area contributed by atoms with E-state index >= 15 is 0 Å². The molecule has 1 saturated heterocycles. The largest absolute Gasteiger partial charge is 0.458 e. The number of amides is 1. The van der Waals surface area contributed by atoms with Gasteiger partial charge in [0.15, 0.2) is 0 Å². The van der Waals surface area contributed by atoms with Crippen LogP contribution in [0.25, 0.3) is 0 Å². The molecule has 7 heteroatoms. The van der Waals surface area contributed by atoms with Crippen LogP contribution in [0.15, 0.2) is 24.5 Å². The number of hydrogen-bond acceptors (Lipinski definition) is 6. The second-order valence-electron chi connectivity index (χ2n) is 18.0. The molecule has 2 heterocycles. The van der Waals surface area contributed by atoms with Gasteiger partial charge in [-0.2, -0.15) is 0 Å². The number of nitrogens with zero attached hydrogens (tertiary/aromatic N) is 2. The Morgan fingerprint density at radius 3 is 2.52 bits per heavy atom. The van der Waals surface area contributed by atoms with Gasteiger partial charge in [0.05, 0.1) is 18.2 Å². The molecule has 3 radical (unpaired) electrons. The number of pyridine rings is 1. The Morgan fingerprint density at radius 1 is 1.13 bits per heavy atom. The van der Waals surface area contributed by atoms with Crippen LogP contribution < -0.4 is 0 Å². The van der Waals surface area contributed by atoms with Crippen LogP contribution in [-0.2, 0) is 14.3 Å². The highest BCUT2D eigenvalue weighted by molar-refractivity contribution is 5.89. The van der Waals surface area contributed by atoms with Crippen molar-refractivity contribution in [3.63, 3.8) is 0 Å². The van der Waals surface area contributed by atoms with Gasteiger partial charge in [-0.15, -0.1) is 0 Å². The van der Waals surface area contributed by atoms with Crippen molar-refractivity contribution in [1.29, 1.82) is 0 Å². The van der Waals surface area contributed by atoms with Gasteiger partial charge in [0.2, 0.25) is 5.91 Å². The fraction of sp³-hybridized carbons (Fsp3) is 0.744. The van der Waals surface area contributed by atoms with Gasteiger partial charge in [0.25, 0.3) is 0 Å². The van der Waals surface area contributed by atoms with Crippen LogP contribution in [0.4, 0.5) is 0 Å². The summed E-state index contributed by atoms with van der Waals surface area (Å²) in [4.78, 5) is 31.7. The summed E-state index contributed by atoms with van der Waals surface area (Å²) in [7, 11) is 0. The number of aliphatic hydroxyl groups excluding tert-OH is 1. The van der Waals surface area contributed by atoms with Gasteiger partial charge < -0.3 is 19.5 Å². The van der Waals surface area contributed by atoms with E-state index in [4.69, 9.17) is 9.47 Å². The molecule has 6 fully saturated rings. The molecule has 1 unspecified atom stereocenters. The smallest absolute Gasteiger partial charge is 0.339 e. The molecule has 2 spiro atoms. The van der Waals surface area contributed by atoms with E-state index in [0.717, 1.165) is 50.7 Å². The molecule has 1 aromatic rings. The maximum Gasteiger partial charge on any atom is 0.339 e. The first-order chi connectivity index (χ1) is 21.4. The standard InChI is InChI=1S/C39H55N2O5/c1-23-19-26(21-41(24(2)42)34(3,4)5)45-31-30(23)36(8)16-17-39-22-38(39)15-14-29(46-33(44)25-11-10-18-40-20-25)35(6,7)27(38)12-13-28(39)37(36,9)32(31)43/h10-11,18,20,23,27,29-30,32,43H,12-17,19,21-22H2,1-9H3/t23-,27+,29?,30+,32+,36-,37-,38-,39+/m1/s1. The molecule has 1 amide bonds. The Labute approximate surface area is 276 Å². The summed E-state index contributed by atoms with van der Waals surface area (Å²) in [6.45, 7) is 20.1. The summed E-state index contributed by atoms with van der Waals surface area (Å²) in [5, 5.41) is 12.5. The van der Waals surface area contributed by atoms with E-state index in [1.165, 1.54) is 12.8 Å². The van der Waals surface area contributed by atoms with E-state index in [-0.39, 0.29) is 56.5 Å². The van der Waals surface area contributed by atoms with E-state index in [1.807, 2.05) is 4.90 Å². The molecule has 1 aromatic heterocycles. The first-order valence-corrected chi connectivity index (χ1v) is 17.8. The molecule has 5 aliphatic carbocycles. The van der Waals surface area contributed by atoms with Crippen LogP contribution in [0, 0.1) is 63.0 Å². The quantitative estimate of drug-likeness (QED) is 0.350. The topological polar surface area (TPSA) is 89.0 Å². The number of rotatable bonds is 4. The van der Waals surface area contributed by atoms with E-state index in [1.54, 1.807) is 37.4 Å². The molecule has 251 valence electrons. The average Bonchev–Trinajstić information content (AvgIpc) is 3.61. The summed E-state index contributed by atoms with van der Waals surface area (Å²) in [5.74, 6) is 2.35. The number of carbonyl (C=O) groups excluding carboxylic acids is 2. The van der Waals surface area contributed by atoms with Gasteiger partial charge in [-0.1, -0.05) is 34.6 Å². The first kappa shape index (κ1) is 32.6. The SMILES string of the molecule is CC(=O)N(C[C]1C[C@@H](C)[C@H]2[C](O1)[C@H](O)[C@@]1(C)[C]3CC[C@H]4C(C)(C)C(OC(=O)c5cccnc5)CC[C@@]45C[C@@]35CC[C@]21C)C(C)(C)C. The van der Waals surface area contributed by atoms with Crippen LogP contribution in [0.5, 0.6) is 0 Å². The van der Waals surface area contributed by atoms with Crippen LogP contribution in [-0.4, -0.2) is 51.2 Å². The van der Waals surface area contributed by atoms with Crippen molar-refractivity contribution in [2.45, 2.75) is 131 Å². The Kier molecular flexibility index (Phi) is 7.26. The number of aromatic nitrogens is 1. The monoisotopic (exact) mass is 631 g/mol. The lowest BCUT2D eigenvalue weighted by molar-refractivity contribution is -0.135. The first-order valence-electron chi connectivity index (χ1n) is 17.8. The van der Waals surface area contributed by atoms with Crippen molar-refractivity contribution in [3.05, 3.63) is 48.2 Å². The van der Waals surface area contributed by atoms with E-state index in [9.17, 15) is 14.7 Å². The molecular weight excluding hydrogens is 576 g/mol. The number of fused-ring (bicyclic) bond motifs is 4. The summed E-state index contributed by atoms with van der Waals surface area (Å²) < 4.78 is 13.0. The van der Waals surface area contributed by atoms with Crippen molar-refractivity contribution in [2.24, 2.45) is 44.8 Å². The van der Waals surface area contributed by atoms with Crippen LogP contribution in [0.3, 0.4) is 0 Å². The minimum Gasteiger partial charge on any atom is -0.458 e. The van der Waals surface area contributed by atoms with Gasteiger partial charge >= 0.3 is 5.97 Å². The fourth-order valence-electron chi connectivity index (χ4n) is 12.5. The lowest BCUT2D eigenvalue weighted by Crippen LogP contribution is -2.59. The zero-order chi connectivity index (χ0) is 33.2. The lowest BCUT2D eigenvalue weighted by atomic mass is 9.41. The summed E-state index contributed by atoms with van der Waals surface area (Å²) >= 11 is 0. The van der Waals surface area contributed by atoms with Crippen molar-refractivity contribution in [1.82, 2.24) is 9.88 Å².